The first kappa shape index (κ1) is 17.3. The first-order valence-electron chi connectivity index (χ1n) is 9.67. The standard InChI is InChI=1S/C23H21ClN4/c1-16-22(18-9-11-19(24)12-10-18)23-25-20(17-7-3-2-4-8-17)15-21(28(23)26-16)27-13-5-6-14-27/h2-4,7-12,15H,5-6,13-14H2,1H3. The number of halogens is 1. The molecule has 0 radical (unpaired) electrons. The maximum absolute atomic E-state index is 6.10. The van der Waals surface area contributed by atoms with E-state index in [4.69, 9.17) is 21.7 Å². The minimum atomic E-state index is 0.730. The van der Waals surface area contributed by atoms with E-state index in [2.05, 4.69) is 42.2 Å². The third-order valence-electron chi connectivity index (χ3n) is 5.38. The summed E-state index contributed by atoms with van der Waals surface area (Å²) >= 11 is 6.10. The van der Waals surface area contributed by atoms with Crippen LogP contribution in [-0.2, 0) is 0 Å². The van der Waals surface area contributed by atoms with Crippen molar-refractivity contribution in [2.24, 2.45) is 0 Å². The molecular formula is C23H21ClN4. The van der Waals surface area contributed by atoms with E-state index >= 15 is 0 Å². The summed E-state index contributed by atoms with van der Waals surface area (Å²) in [6.45, 7) is 4.17. The van der Waals surface area contributed by atoms with Crippen LogP contribution in [0, 0.1) is 6.92 Å². The predicted molar refractivity (Wildman–Crippen MR) is 115 cm³/mol. The smallest absolute Gasteiger partial charge is 0.166 e. The van der Waals surface area contributed by atoms with Crippen molar-refractivity contribution in [1.82, 2.24) is 14.6 Å². The zero-order valence-corrected chi connectivity index (χ0v) is 16.5. The number of fused-ring (bicyclic) bond motifs is 1. The number of hydrogen-bond acceptors (Lipinski definition) is 3. The van der Waals surface area contributed by atoms with Gasteiger partial charge in [0.1, 0.15) is 5.82 Å². The van der Waals surface area contributed by atoms with Gasteiger partial charge in [0.15, 0.2) is 5.65 Å². The molecule has 0 N–H and O–H groups in total. The highest BCUT2D eigenvalue weighted by molar-refractivity contribution is 6.30. The molecule has 140 valence electrons. The van der Waals surface area contributed by atoms with Crippen LogP contribution in [0.5, 0.6) is 0 Å². The van der Waals surface area contributed by atoms with Gasteiger partial charge in [-0.25, -0.2) is 4.98 Å². The van der Waals surface area contributed by atoms with Crippen LogP contribution >= 0.6 is 11.6 Å². The van der Waals surface area contributed by atoms with Gasteiger partial charge in [0, 0.05) is 35.3 Å². The molecule has 3 heterocycles. The summed E-state index contributed by atoms with van der Waals surface area (Å²) in [5, 5.41) is 5.60. The number of aryl methyl sites for hydroxylation is 1. The van der Waals surface area contributed by atoms with E-state index in [1.54, 1.807) is 0 Å². The van der Waals surface area contributed by atoms with Gasteiger partial charge >= 0.3 is 0 Å². The second-order valence-corrected chi connectivity index (χ2v) is 7.70. The monoisotopic (exact) mass is 388 g/mol. The summed E-state index contributed by atoms with van der Waals surface area (Å²) in [7, 11) is 0. The van der Waals surface area contributed by atoms with Crippen molar-refractivity contribution >= 4 is 23.1 Å². The van der Waals surface area contributed by atoms with Crippen molar-refractivity contribution in [3.8, 4) is 22.4 Å². The Balaban J connectivity index is 1.78. The lowest BCUT2D eigenvalue weighted by Gasteiger charge is -2.19. The number of aromatic nitrogens is 3. The molecule has 5 heteroatoms. The second-order valence-electron chi connectivity index (χ2n) is 7.26. The number of anilines is 1. The lowest BCUT2D eigenvalue weighted by molar-refractivity contribution is 0.843. The first-order chi connectivity index (χ1) is 13.7. The summed E-state index contributed by atoms with van der Waals surface area (Å²) in [6.07, 6.45) is 2.43. The van der Waals surface area contributed by atoms with Gasteiger partial charge in [0.2, 0.25) is 0 Å². The van der Waals surface area contributed by atoms with Crippen molar-refractivity contribution in [2.75, 3.05) is 18.0 Å². The molecule has 0 aliphatic carbocycles. The Morgan fingerprint density at radius 3 is 2.32 bits per heavy atom. The Labute approximate surface area is 169 Å². The maximum Gasteiger partial charge on any atom is 0.166 e. The fraction of sp³-hybridized carbons (Fsp3) is 0.217. The SMILES string of the molecule is Cc1nn2c(N3CCCC3)cc(-c3ccccc3)nc2c1-c1ccc(Cl)cc1. The third-order valence-corrected chi connectivity index (χ3v) is 5.63. The van der Waals surface area contributed by atoms with Gasteiger partial charge in [-0.1, -0.05) is 54.1 Å². The van der Waals surface area contributed by atoms with Gasteiger partial charge in [-0.3, -0.25) is 0 Å². The highest BCUT2D eigenvalue weighted by Gasteiger charge is 2.22. The van der Waals surface area contributed by atoms with Crippen LogP contribution in [0.1, 0.15) is 18.5 Å². The van der Waals surface area contributed by atoms with Gasteiger partial charge in [-0.05, 0) is 37.5 Å². The molecule has 2 aromatic heterocycles. The molecule has 0 saturated carbocycles. The van der Waals surface area contributed by atoms with Crippen molar-refractivity contribution < 1.29 is 0 Å². The molecule has 0 unspecified atom stereocenters. The van der Waals surface area contributed by atoms with E-state index in [9.17, 15) is 0 Å². The molecule has 5 rings (SSSR count). The largest absolute Gasteiger partial charge is 0.356 e. The molecule has 2 aromatic carbocycles. The Kier molecular flexibility index (Phi) is 4.29. The average molecular weight is 389 g/mol. The molecule has 0 atom stereocenters. The molecule has 0 amide bonds. The average Bonchev–Trinajstić information content (AvgIpc) is 3.36. The Morgan fingerprint density at radius 2 is 1.61 bits per heavy atom. The van der Waals surface area contributed by atoms with Crippen LogP contribution in [0.2, 0.25) is 5.02 Å². The van der Waals surface area contributed by atoms with Crippen LogP contribution in [0.15, 0.2) is 60.7 Å². The van der Waals surface area contributed by atoms with E-state index in [1.807, 2.05) is 34.8 Å². The van der Waals surface area contributed by atoms with E-state index in [1.165, 1.54) is 12.8 Å². The Morgan fingerprint density at radius 1 is 0.893 bits per heavy atom. The fourth-order valence-corrected chi connectivity index (χ4v) is 4.12. The fourth-order valence-electron chi connectivity index (χ4n) is 3.99. The van der Waals surface area contributed by atoms with Gasteiger partial charge < -0.3 is 4.90 Å². The van der Waals surface area contributed by atoms with Crippen LogP contribution in [0.4, 0.5) is 5.82 Å². The van der Waals surface area contributed by atoms with E-state index in [-0.39, 0.29) is 0 Å². The van der Waals surface area contributed by atoms with Crippen LogP contribution in [0.25, 0.3) is 28.0 Å². The Hall–Kier alpha value is -2.85. The summed E-state index contributed by atoms with van der Waals surface area (Å²) in [4.78, 5) is 7.45. The summed E-state index contributed by atoms with van der Waals surface area (Å²) < 4.78 is 2.01. The van der Waals surface area contributed by atoms with Crippen molar-refractivity contribution in [2.45, 2.75) is 19.8 Å². The summed E-state index contributed by atoms with van der Waals surface area (Å²) in [5.74, 6) is 1.12. The minimum absolute atomic E-state index is 0.730. The zero-order valence-electron chi connectivity index (χ0n) is 15.8. The molecule has 1 saturated heterocycles. The molecule has 1 aliphatic heterocycles. The molecule has 1 fully saturated rings. The van der Waals surface area contributed by atoms with Crippen LogP contribution in [0.3, 0.4) is 0 Å². The van der Waals surface area contributed by atoms with Gasteiger partial charge in [-0.15, -0.1) is 0 Å². The molecular weight excluding hydrogens is 368 g/mol. The van der Waals surface area contributed by atoms with Crippen molar-refractivity contribution in [1.29, 1.82) is 0 Å². The van der Waals surface area contributed by atoms with Crippen molar-refractivity contribution in [3.63, 3.8) is 0 Å². The maximum atomic E-state index is 6.10. The first-order valence-corrected chi connectivity index (χ1v) is 10.1. The number of hydrogen-bond donors (Lipinski definition) is 0. The molecule has 0 bridgehead atoms. The lowest BCUT2D eigenvalue weighted by atomic mass is 10.1. The van der Waals surface area contributed by atoms with Gasteiger partial charge in [-0.2, -0.15) is 9.61 Å². The molecule has 1 aliphatic rings. The lowest BCUT2D eigenvalue weighted by Crippen LogP contribution is -2.21. The molecule has 4 aromatic rings. The second kappa shape index (κ2) is 6.95. The van der Waals surface area contributed by atoms with Crippen LogP contribution < -0.4 is 4.90 Å². The Bertz CT molecular complexity index is 1130. The van der Waals surface area contributed by atoms with E-state index in [0.717, 1.165) is 57.7 Å². The normalized spacial score (nSPS) is 14.1. The number of benzene rings is 2. The summed E-state index contributed by atoms with van der Waals surface area (Å²) in [5.41, 5.74) is 6.11. The molecule has 4 nitrogen and oxygen atoms in total. The topological polar surface area (TPSA) is 33.4 Å². The molecule has 28 heavy (non-hydrogen) atoms. The minimum Gasteiger partial charge on any atom is -0.356 e. The highest BCUT2D eigenvalue weighted by Crippen LogP contribution is 2.33. The van der Waals surface area contributed by atoms with E-state index in [0.29, 0.717) is 0 Å². The number of rotatable bonds is 3. The van der Waals surface area contributed by atoms with Gasteiger partial charge in [0.25, 0.3) is 0 Å². The number of nitrogens with zero attached hydrogens (tertiary/aromatic N) is 4. The van der Waals surface area contributed by atoms with Crippen molar-refractivity contribution in [3.05, 3.63) is 71.4 Å². The quantitative estimate of drug-likeness (QED) is 0.456. The molecule has 0 spiro atoms. The van der Waals surface area contributed by atoms with Gasteiger partial charge in [0.05, 0.1) is 11.4 Å². The highest BCUT2D eigenvalue weighted by atomic mass is 35.5. The van der Waals surface area contributed by atoms with Crippen LogP contribution in [-0.4, -0.2) is 27.7 Å². The van der Waals surface area contributed by atoms with E-state index < -0.39 is 0 Å². The summed E-state index contributed by atoms with van der Waals surface area (Å²) in [6, 6.07) is 20.5. The zero-order chi connectivity index (χ0) is 19.1. The third kappa shape index (κ3) is 2.94. The predicted octanol–water partition coefficient (Wildman–Crippen LogP) is 5.63.